The maximum Gasteiger partial charge on any atom is 0.0552 e. The summed E-state index contributed by atoms with van der Waals surface area (Å²) in [4.78, 5) is 6.35. The van der Waals surface area contributed by atoms with Crippen molar-refractivity contribution in [2.75, 3.05) is 24.6 Å². The van der Waals surface area contributed by atoms with Gasteiger partial charge in [0.2, 0.25) is 0 Å². The quantitative estimate of drug-likeness (QED) is 0.731. The number of pyridine rings is 1. The van der Waals surface area contributed by atoms with Crippen LogP contribution in [-0.4, -0.2) is 29.8 Å². The third kappa shape index (κ3) is 1.80. The van der Waals surface area contributed by atoms with Crippen molar-refractivity contribution in [3.63, 3.8) is 0 Å². The van der Waals surface area contributed by atoms with Crippen LogP contribution < -0.4 is 4.90 Å². The SMILES string of the molecule is OCC1CCN(c2cccnc2)C1. The minimum absolute atomic E-state index is 0.302. The number of aliphatic hydroxyl groups excluding tert-OH is 1. The Labute approximate surface area is 78.0 Å². The molecular weight excluding hydrogens is 164 g/mol. The van der Waals surface area contributed by atoms with Crippen LogP contribution in [0.25, 0.3) is 0 Å². The van der Waals surface area contributed by atoms with Crippen LogP contribution in [-0.2, 0) is 0 Å². The van der Waals surface area contributed by atoms with E-state index in [4.69, 9.17) is 5.11 Å². The van der Waals surface area contributed by atoms with Gasteiger partial charge < -0.3 is 10.0 Å². The molecule has 1 atom stereocenters. The molecule has 3 nitrogen and oxygen atoms in total. The monoisotopic (exact) mass is 178 g/mol. The topological polar surface area (TPSA) is 36.4 Å². The van der Waals surface area contributed by atoms with E-state index in [2.05, 4.69) is 16.0 Å². The average molecular weight is 178 g/mol. The first-order valence-electron chi connectivity index (χ1n) is 4.66. The summed E-state index contributed by atoms with van der Waals surface area (Å²) in [6.45, 7) is 2.30. The van der Waals surface area contributed by atoms with Crippen molar-refractivity contribution in [1.29, 1.82) is 0 Å². The van der Waals surface area contributed by atoms with E-state index in [1.165, 1.54) is 5.69 Å². The van der Waals surface area contributed by atoms with Gasteiger partial charge in [0.25, 0.3) is 0 Å². The maximum atomic E-state index is 8.99. The third-order valence-corrected chi connectivity index (χ3v) is 2.56. The van der Waals surface area contributed by atoms with Crippen molar-refractivity contribution < 1.29 is 5.11 Å². The Hall–Kier alpha value is -1.09. The van der Waals surface area contributed by atoms with Gasteiger partial charge in [0.05, 0.1) is 11.9 Å². The number of nitrogens with zero attached hydrogens (tertiary/aromatic N) is 2. The van der Waals surface area contributed by atoms with Gasteiger partial charge in [-0.25, -0.2) is 0 Å². The molecule has 1 aliphatic rings. The molecule has 70 valence electrons. The van der Waals surface area contributed by atoms with E-state index in [-0.39, 0.29) is 0 Å². The van der Waals surface area contributed by atoms with Crippen LogP contribution in [0, 0.1) is 5.92 Å². The van der Waals surface area contributed by atoms with E-state index in [0.717, 1.165) is 19.5 Å². The van der Waals surface area contributed by atoms with E-state index in [1.807, 2.05) is 12.3 Å². The van der Waals surface area contributed by atoms with Crippen LogP contribution in [0.15, 0.2) is 24.5 Å². The normalized spacial score (nSPS) is 22.2. The molecule has 1 fully saturated rings. The molecule has 13 heavy (non-hydrogen) atoms. The predicted molar refractivity (Wildman–Crippen MR) is 51.6 cm³/mol. The van der Waals surface area contributed by atoms with Crippen molar-refractivity contribution in [2.45, 2.75) is 6.42 Å². The van der Waals surface area contributed by atoms with Gasteiger partial charge in [-0.3, -0.25) is 4.98 Å². The summed E-state index contributed by atoms with van der Waals surface area (Å²) >= 11 is 0. The lowest BCUT2D eigenvalue weighted by molar-refractivity contribution is 0.238. The Morgan fingerprint density at radius 3 is 3.15 bits per heavy atom. The van der Waals surface area contributed by atoms with Gasteiger partial charge in [-0.15, -0.1) is 0 Å². The van der Waals surface area contributed by atoms with Gasteiger partial charge in [-0.1, -0.05) is 0 Å². The fourth-order valence-corrected chi connectivity index (χ4v) is 1.76. The van der Waals surface area contributed by atoms with Crippen LogP contribution >= 0.6 is 0 Å². The largest absolute Gasteiger partial charge is 0.396 e. The summed E-state index contributed by atoms with van der Waals surface area (Å²) in [5.74, 6) is 0.445. The maximum absolute atomic E-state index is 8.99. The van der Waals surface area contributed by atoms with Gasteiger partial charge in [0.1, 0.15) is 0 Å². The van der Waals surface area contributed by atoms with Crippen molar-refractivity contribution in [3.05, 3.63) is 24.5 Å². The highest BCUT2D eigenvalue weighted by atomic mass is 16.3. The summed E-state index contributed by atoms with van der Waals surface area (Å²) in [6, 6.07) is 4.01. The predicted octanol–water partition coefficient (Wildman–Crippen LogP) is 0.900. The van der Waals surface area contributed by atoms with E-state index < -0.39 is 0 Å². The molecule has 0 radical (unpaired) electrons. The molecule has 1 aliphatic heterocycles. The molecule has 0 bridgehead atoms. The fourth-order valence-electron chi connectivity index (χ4n) is 1.76. The summed E-state index contributed by atoms with van der Waals surface area (Å²) in [7, 11) is 0. The number of aliphatic hydroxyl groups is 1. The molecule has 1 N–H and O–H groups in total. The lowest BCUT2D eigenvalue weighted by Crippen LogP contribution is -2.20. The molecule has 0 saturated carbocycles. The first-order valence-corrected chi connectivity index (χ1v) is 4.66. The average Bonchev–Trinajstić information content (AvgIpc) is 2.67. The molecule has 2 heterocycles. The smallest absolute Gasteiger partial charge is 0.0552 e. The Kier molecular flexibility index (Phi) is 2.45. The van der Waals surface area contributed by atoms with Gasteiger partial charge in [-0.2, -0.15) is 0 Å². The minimum Gasteiger partial charge on any atom is -0.396 e. The summed E-state index contributed by atoms with van der Waals surface area (Å²) in [5, 5.41) is 8.99. The number of rotatable bonds is 2. The van der Waals surface area contributed by atoms with Crippen molar-refractivity contribution in [1.82, 2.24) is 4.98 Å². The Morgan fingerprint density at radius 1 is 1.62 bits per heavy atom. The second-order valence-electron chi connectivity index (χ2n) is 3.49. The first kappa shape index (κ1) is 8.51. The summed E-state index contributed by atoms with van der Waals surface area (Å²) in [6.07, 6.45) is 4.74. The number of aromatic nitrogens is 1. The molecule has 0 aromatic carbocycles. The van der Waals surface area contributed by atoms with Crippen LogP contribution in [0.1, 0.15) is 6.42 Å². The zero-order valence-corrected chi connectivity index (χ0v) is 7.56. The highest BCUT2D eigenvalue weighted by Gasteiger charge is 2.21. The lowest BCUT2D eigenvalue weighted by Gasteiger charge is -2.17. The number of hydrogen-bond donors (Lipinski definition) is 1. The van der Waals surface area contributed by atoms with Crippen LogP contribution in [0.2, 0.25) is 0 Å². The van der Waals surface area contributed by atoms with Gasteiger partial charge in [0, 0.05) is 31.8 Å². The van der Waals surface area contributed by atoms with Crippen molar-refractivity contribution >= 4 is 5.69 Å². The first-order chi connectivity index (χ1) is 6.40. The molecule has 1 aromatic heterocycles. The molecule has 0 spiro atoms. The molecular formula is C10H14N2O. The minimum atomic E-state index is 0.302. The second-order valence-corrected chi connectivity index (χ2v) is 3.49. The molecule has 1 aromatic rings. The molecule has 0 amide bonds. The van der Waals surface area contributed by atoms with Crippen LogP contribution in [0.3, 0.4) is 0 Å². The third-order valence-electron chi connectivity index (χ3n) is 2.56. The summed E-state index contributed by atoms with van der Waals surface area (Å²) in [5.41, 5.74) is 1.17. The van der Waals surface area contributed by atoms with Gasteiger partial charge in [0.15, 0.2) is 0 Å². The molecule has 3 heteroatoms. The zero-order valence-electron chi connectivity index (χ0n) is 7.56. The number of anilines is 1. The van der Waals surface area contributed by atoms with E-state index in [9.17, 15) is 0 Å². The van der Waals surface area contributed by atoms with E-state index in [0.29, 0.717) is 12.5 Å². The van der Waals surface area contributed by atoms with Gasteiger partial charge in [-0.05, 0) is 18.6 Å². The Morgan fingerprint density at radius 2 is 2.54 bits per heavy atom. The standard InChI is InChI=1S/C10H14N2O/c13-8-9-3-5-12(7-9)10-2-1-4-11-6-10/h1-2,4,6,9,13H,3,5,7-8H2. The van der Waals surface area contributed by atoms with E-state index in [1.54, 1.807) is 6.20 Å². The molecule has 1 unspecified atom stereocenters. The molecule has 0 aliphatic carbocycles. The van der Waals surface area contributed by atoms with E-state index >= 15 is 0 Å². The van der Waals surface area contributed by atoms with Crippen molar-refractivity contribution in [2.24, 2.45) is 5.92 Å². The Balaban J connectivity index is 2.04. The van der Waals surface area contributed by atoms with Crippen molar-refractivity contribution in [3.8, 4) is 0 Å². The van der Waals surface area contributed by atoms with Gasteiger partial charge >= 0.3 is 0 Å². The van der Waals surface area contributed by atoms with Crippen LogP contribution in [0.5, 0.6) is 0 Å². The Bertz CT molecular complexity index is 263. The highest BCUT2D eigenvalue weighted by molar-refractivity contribution is 5.44. The summed E-state index contributed by atoms with van der Waals surface area (Å²) < 4.78 is 0. The zero-order chi connectivity index (χ0) is 9.10. The lowest BCUT2D eigenvalue weighted by atomic mass is 10.1. The number of hydrogen-bond acceptors (Lipinski definition) is 3. The van der Waals surface area contributed by atoms with Crippen LogP contribution in [0.4, 0.5) is 5.69 Å². The molecule has 1 saturated heterocycles. The second kappa shape index (κ2) is 3.75. The molecule has 2 rings (SSSR count). The highest BCUT2D eigenvalue weighted by Crippen LogP contribution is 2.21. The fraction of sp³-hybridized carbons (Fsp3) is 0.500.